The van der Waals surface area contributed by atoms with Gasteiger partial charge in [0.15, 0.2) is 4.34 Å². The number of aromatic carboxylic acids is 2. The summed E-state index contributed by atoms with van der Waals surface area (Å²) in [6, 6.07) is 3.43. The summed E-state index contributed by atoms with van der Waals surface area (Å²) in [5.41, 5.74) is -0.356. The van der Waals surface area contributed by atoms with E-state index in [0.717, 1.165) is 23.9 Å². The summed E-state index contributed by atoms with van der Waals surface area (Å²) in [4.78, 5) is 38.3. The molecule has 0 aliphatic rings. The number of carboxylic acids is 2. The number of nitrogens with zero attached hydrogens (tertiary/aromatic N) is 2. The quantitative estimate of drug-likeness (QED) is 0.615. The van der Waals surface area contributed by atoms with E-state index >= 15 is 0 Å². The first kappa shape index (κ1) is 18.2. The third-order valence-electron chi connectivity index (χ3n) is 2.67. The maximum absolute atomic E-state index is 12.0. The molecule has 1 amide bonds. The summed E-state index contributed by atoms with van der Waals surface area (Å²) in [7, 11) is 0. The van der Waals surface area contributed by atoms with E-state index in [9.17, 15) is 14.4 Å². The number of carbonyl (C=O) groups is 3. The normalized spacial score (nSPS) is 10.4. The van der Waals surface area contributed by atoms with Gasteiger partial charge < -0.3 is 15.5 Å². The van der Waals surface area contributed by atoms with E-state index < -0.39 is 17.8 Å². The van der Waals surface area contributed by atoms with Gasteiger partial charge in [-0.2, -0.15) is 4.37 Å². The monoisotopic (exact) mass is 385 g/mol. The average molecular weight is 385 g/mol. The second-order valence-corrected chi connectivity index (χ2v) is 7.00. The molecule has 1 heterocycles. The molecule has 0 radical (unpaired) electrons. The zero-order valence-corrected chi connectivity index (χ0v) is 14.6. The van der Waals surface area contributed by atoms with Crippen LogP contribution < -0.4 is 5.32 Å². The number of hydrogen-bond donors (Lipinski definition) is 3. The molecule has 0 unspecified atom stereocenters. The van der Waals surface area contributed by atoms with Crippen LogP contribution in [0.4, 0.5) is 5.69 Å². The first-order valence-electron chi connectivity index (χ1n) is 6.31. The molecule has 3 N–H and O–H groups in total. The molecule has 1 aromatic heterocycles. The van der Waals surface area contributed by atoms with E-state index in [1.165, 1.54) is 29.4 Å². The third kappa shape index (κ3) is 4.69. The number of anilines is 1. The molecule has 0 atom stereocenters. The molecule has 2 aromatic rings. The highest BCUT2D eigenvalue weighted by molar-refractivity contribution is 8.01. The van der Waals surface area contributed by atoms with Crippen LogP contribution in [-0.4, -0.2) is 49.4 Å². The van der Waals surface area contributed by atoms with Gasteiger partial charge in [0.05, 0.1) is 22.6 Å². The Morgan fingerprint density at radius 1 is 1.25 bits per heavy atom. The van der Waals surface area contributed by atoms with Crippen LogP contribution >= 0.6 is 35.1 Å². The van der Waals surface area contributed by atoms with Crippen molar-refractivity contribution in [3.8, 4) is 0 Å². The lowest BCUT2D eigenvalue weighted by Gasteiger charge is -2.09. The van der Waals surface area contributed by atoms with E-state index in [4.69, 9.17) is 10.2 Å². The van der Waals surface area contributed by atoms with Gasteiger partial charge in [0.1, 0.15) is 0 Å². The fourth-order valence-electron chi connectivity index (χ4n) is 1.62. The molecule has 0 aliphatic heterocycles. The molecule has 0 bridgehead atoms. The number of aromatic nitrogens is 2. The van der Waals surface area contributed by atoms with Gasteiger partial charge in [-0.25, -0.2) is 14.6 Å². The van der Waals surface area contributed by atoms with Crippen molar-refractivity contribution >= 4 is 58.6 Å². The highest BCUT2D eigenvalue weighted by Crippen LogP contribution is 2.24. The van der Waals surface area contributed by atoms with Crippen LogP contribution in [0.2, 0.25) is 0 Å². The standard InChI is InChI=1S/C13H11N3O5S3/c1-22-12-15-13(24-16-12)23-5-9(17)14-8-4-6(10(18)19)2-3-7(8)11(20)21/h2-4H,5H2,1H3,(H,14,17)(H,18,19)(H,20,21). The van der Waals surface area contributed by atoms with Crippen LogP contribution in [0.25, 0.3) is 0 Å². The predicted molar refractivity (Wildman–Crippen MR) is 91.4 cm³/mol. The molecule has 0 fully saturated rings. The van der Waals surface area contributed by atoms with Crippen molar-refractivity contribution < 1.29 is 24.6 Å². The first-order chi connectivity index (χ1) is 11.4. The van der Waals surface area contributed by atoms with Gasteiger partial charge in [0, 0.05) is 0 Å². The van der Waals surface area contributed by atoms with Crippen molar-refractivity contribution in [3.05, 3.63) is 29.3 Å². The Balaban J connectivity index is 2.08. The molecule has 11 heteroatoms. The topological polar surface area (TPSA) is 129 Å². The van der Waals surface area contributed by atoms with Crippen molar-refractivity contribution in [1.82, 2.24) is 9.36 Å². The highest BCUT2D eigenvalue weighted by Gasteiger charge is 2.16. The zero-order valence-electron chi connectivity index (χ0n) is 12.2. The molecule has 0 saturated heterocycles. The van der Waals surface area contributed by atoms with E-state index in [1.54, 1.807) is 0 Å². The molecule has 2 rings (SSSR count). The van der Waals surface area contributed by atoms with E-state index in [2.05, 4.69) is 14.7 Å². The molecule has 126 valence electrons. The Labute approximate surface area is 148 Å². The van der Waals surface area contributed by atoms with Crippen LogP contribution in [-0.2, 0) is 4.79 Å². The number of rotatable bonds is 7. The van der Waals surface area contributed by atoms with Crippen molar-refractivity contribution in [2.24, 2.45) is 0 Å². The minimum Gasteiger partial charge on any atom is -0.478 e. The summed E-state index contributed by atoms with van der Waals surface area (Å²) >= 11 is 3.72. The van der Waals surface area contributed by atoms with Crippen molar-refractivity contribution in [3.63, 3.8) is 0 Å². The maximum Gasteiger partial charge on any atom is 0.337 e. The van der Waals surface area contributed by atoms with Gasteiger partial charge >= 0.3 is 11.9 Å². The van der Waals surface area contributed by atoms with Crippen molar-refractivity contribution in [2.45, 2.75) is 9.50 Å². The SMILES string of the molecule is CSc1nsc(SCC(=O)Nc2cc(C(=O)O)ccc2C(=O)O)n1. The van der Waals surface area contributed by atoms with E-state index in [-0.39, 0.29) is 22.6 Å². The lowest BCUT2D eigenvalue weighted by molar-refractivity contribution is -0.113. The van der Waals surface area contributed by atoms with E-state index in [0.29, 0.717) is 9.50 Å². The van der Waals surface area contributed by atoms with Crippen LogP contribution in [0.3, 0.4) is 0 Å². The van der Waals surface area contributed by atoms with Crippen LogP contribution in [0.5, 0.6) is 0 Å². The van der Waals surface area contributed by atoms with Gasteiger partial charge in [0.2, 0.25) is 11.1 Å². The molecular formula is C13H11N3O5S3. The minimum absolute atomic E-state index is 0.000623. The summed E-state index contributed by atoms with van der Waals surface area (Å²) in [6.45, 7) is 0. The number of benzene rings is 1. The van der Waals surface area contributed by atoms with Crippen molar-refractivity contribution in [1.29, 1.82) is 0 Å². The zero-order chi connectivity index (χ0) is 17.7. The molecular weight excluding hydrogens is 374 g/mol. The Morgan fingerprint density at radius 2 is 2.00 bits per heavy atom. The van der Waals surface area contributed by atoms with Gasteiger partial charge in [0.25, 0.3) is 0 Å². The first-order valence-corrected chi connectivity index (χ1v) is 9.30. The molecule has 0 spiro atoms. The fourth-order valence-corrected chi connectivity index (χ4v) is 3.63. The molecule has 0 saturated carbocycles. The second-order valence-electron chi connectivity index (χ2n) is 4.25. The van der Waals surface area contributed by atoms with Crippen LogP contribution in [0.1, 0.15) is 20.7 Å². The Morgan fingerprint density at radius 3 is 2.58 bits per heavy atom. The summed E-state index contributed by atoms with van der Waals surface area (Å²) in [5, 5.41) is 21.1. The smallest absolute Gasteiger partial charge is 0.337 e. The van der Waals surface area contributed by atoms with Gasteiger partial charge in [-0.05, 0) is 36.0 Å². The lowest BCUT2D eigenvalue weighted by atomic mass is 10.1. The fraction of sp³-hybridized carbons (Fsp3) is 0.154. The summed E-state index contributed by atoms with van der Waals surface area (Å²) in [5.74, 6) is -2.94. The summed E-state index contributed by atoms with van der Waals surface area (Å²) in [6.07, 6.45) is 1.84. The lowest BCUT2D eigenvalue weighted by Crippen LogP contribution is -2.17. The summed E-state index contributed by atoms with van der Waals surface area (Å²) < 4.78 is 4.68. The van der Waals surface area contributed by atoms with Crippen LogP contribution in [0.15, 0.2) is 27.7 Å². The molecule has 0 aliphatic carbocycles. The Bertz CT molecular complexity index is 793. The second kappa shape index (κ2) is 8.13. The van der Waals surface area contributed by atoms with E-state index in [1.807, 2.05) is 6.26 Å². The highest BCUT2D eigenvalue weighted by atomic mass is 32.2. The Kier molecular flexibility index (Phi) is 6.17. The predicted octanol–water partition coefficient (Wildman–Crippen LogP) is 2.39. The molecule has 1 aromatic carbocycles. The number of thioether (sulfide) groups is 2. The maximum atomic E-state index is 12.0. The molecule has 24 heavy (non-hydrogen) atoms. The largest absolute Gasteiger partial charge is 0.478 e. The van der Waals surface area contributed by atoms with Crippen LogP contribution in [0, 0.1) is 0 Å². The number of hydrogen-bond acceptors (Lipinski definition) is 8. The van der Waals surface area contributed by atoms with Gasteiger partial charge in [-0.3, -0.25) is 4.79 Å². The number of carboxylic acid groups (broad SMARTS) is 2. The van der Waals surface area contributed by atoms with Gasteiger partial charge in [-0.15, -0.1) is 0 Å². The number of nitrogens with one attached hydrogen (secondary N) is 1. The number of amides is 1. The molecule has 8 nitrogen and oxygen atoms in total. The average Bonchev–Trinajstić information content (AvgIpc) is 3.00. The number of carbonyl (C=O) groups excluding carboxylic acids is 1. The Hall–Kier alpha value is -2.11. The van der Waals surface area contributed by atoms with Gasteiger partial charge in [-0.1, -0.05) is 23.5 Å². The minimum atomic E-state index is -1.26. The third-order valence-corrected chi connectivity index (χ3v) is 5.17. The van der Waals surface area contributed by atoms with Crippen molar-refractivity contribution in [2.75, 3.05) is 17.3 Å².